The maximum absolute atomic E-state index is 12.7. The molecule has 5 nitrogen and oxygen atoms in total. The Kier molecular flexibility index (Phi) is 3.49. The number of para-hydroxylation sites is 2. The molecular weight excluding hydrogens is 304 g/mol. The molecule has 0 spiro atoms. The number of amides is 1. The fourth-order valence-corrected chi connectivity index (χ4v) is 3.60. The van der Waals surface area contributed by atoms with Crippen molar-refractivity contribution in [3.8, 4) is 0 Å². The Hall–Kier alpha value is -2.82. The normalized spacial score (nSPS) is 20.1. The van der Waals surface area contributed by atoms with Gasteiger partial charge in [0.2, 0.25) is 5.91 Å². The Morgan fingerprint density at radius 1 is 1.21 bits per heavy atom. The third kappa shape index (κ3) is 2.24. The highest BCUT2D eigenvalue weighted by atomic mass is 16.3. The second kappa shape index (κ2) is 5.67. The Balaban J connectivity index is 2.00. The first-order chi connectivity index (χ1) is 11.7. The summed E-state index contributed by atoms with van der Waals surface area (Å²) < 4.78 is 5.61. The molecule has 0 radical (unpaired) electrons. The van der Waals surface area contributed by atoms with E-state index in [1.807, 2.05) is 30.3 Å². The van der Waals surface area contributed by atoms with Crippen LogP contribution in [0.15, 0.2) is 58.3 Å². The van der Waals surface area contributed by atoms with Gasteiger partial charge in [0.25, 0.3) is 0 Å². The third-order valence-electron chi connectivity index (χ3n) is 4.59. The van der Waals surface area contributed by atoms with Gasteiger partial charge < -0.3 is 9.73 Å². The summed E-state index contributed by atoms with van der Waals surface area (Å²) in [4.78, 5) is 26.9. The SMILES string of the molecule is CC(=O)N1c2ccccc2NC2=C(C(=O)CCC2)[C@@H]1c1ccco1. The summed E-state index contributed by atoms with van der Waals surface area (Å²) in [6.45, 7) is 1.52. The molecule has 2 aliphatic rings. The number of allylic oxidation sites excluding steroid dienone is 1. The van der Waals surface area contributed by atoms with Crippen molar-refractivity contribution in [3.63, 3.8) is 0 Å². The first-order valence-corrected chi connectivity index (χ1v) is 8.12. The van der Waals surface area contributed by atoms with E-state index in [2.05, 4.69) is 5.32 Å². The third-order valence-corrected chi connectivity index (χ3v) is 4.59. The summed E-state index contributed by atoms with van der Waals surface area (Å²) in [5.74, 6) is 0.549. The van der Waals surface area contributed by atoms with E-state index in [1.54, 1.807) is 17.2 Å². The summed E-state index contributed by atoms with van der Waals surface area (Å²) in [6, 6.07) is 10.7. The second-order valence-electron chi connectivity index (χ2n) is 6.12. The van der Waals surface area contributed by atoms with Crippen LogP contribution in [-0.4, -0.2) is 11.7 Å². The van der Waals surface area contributed by atoms with Gasteiger partial charge in [0.05, 0.1) is 17.6 Å². The molecule has 1 N–H and O–H groups in total. The number of carbonyl (C=O) groups excluding carboxylic acids is 2. The van der Waals surface area contributed by atoms with E-state index in [1.165, 1.54) is 6.92 Å². The van der Waals surface area contributed by atoms with Gasteiger partial charge in [0.1, 0.15) is 11.8 Å². The topological polar surface area (TPSA) is 62.6 Å². The molecule has 0 fully saturated rings. The molecule has 1 amide bonds. The smallest absolute Gasteiger partial charge is 0.224 e. The number of Topliss-reactive ketones (excluding diaryl/α,β-unsaturated/α-hetero) is 1. The summed E-state index contributed by atoms with van der Waals surface area (Å²) >= 11 is 0. The molecule has 4 rings (SSSR count). The van der Waals surface area contributed by atoms with Gasteiger partial charge in [-0.25, -0.2) is 0 Å². The predicted molar refractivity (Wildman–Crippen MR) is 90.6 cm³/mol. The monoisotopic (exact) mass is 322 g/mol. The van der Waals surface area contributed by atoms with Gasteiger partial charge in [-0.1, -0.05) is 12.1 Å². The van der Waals surface area contributed by atoms with Gasteiger partial charge in [-0.3, -0.25) is 14.5 Å². The zero-order chi connectivity index (χ0) is 16.7. The van der Waals surface area contributed by atoms with Gasteiger partial charge in [-0.05, 0) is 37.1 Å². The van der Waals surface area contributed by atoms with Crippen LogP contribution in [0.2, 0.25) is 0 Å². The molecule has 1 atom stereocenters. The first-order valence-electron chi connectivity index (χ1n) is 8.12. The minimum atomic E-state index is -0.531. The molecule has 1 aliphatic heterocycles. The average molecular weight is 322 g/mol. The zero-order valence-corrected chi connectivity index (χ0v) is 13.4. The van der Waals surface area contributed by atoms with Gasteiger partial charge in [-0.15, -0.1) is 0 Å². The van der Waals surface area contributed by atoms with E-state index in [9.17, 15) is 9.59 Å². The van der Waals surface area contributed by atoms with Gasteiger partial charge >= 0.3 is 0 Å². The molecular formula is C19H18N2O3. The molecule has 1 aromatic heterocycles. The molecule has 24 heavy (non-hydrogen) atoms. The predicted octanol–water partition coefficient (Wildman–Crippen LogP) is 3.81. The Labute approximate surface area is 139 Å². The van der Waals surface area contributed by atoms with E-state index in [-0.39, 0.29) is 11.7 Å². The maximum Gasteiger partial charge on any atom is 0.224 e. The van der Waals surface area contributed by atoms with Gasteiger partial charge in [0.15, 0.2) is 5.78 Å². The van der Waals surface area contributed by atoms with Gasteiger partial charge in [-0.2, -0.15) is 0 Å². The molecule has 2 aromatic rings. The number of furan rings is 1. The number of hydrogen-bond donors (Lipinski definition) is 1. The number of fused-ring (bicyclic) bond motifs is 1. The molecule has 5 heteroatoms. The van der Waals surface area contributed by atoms with Crippen molar-refractivity contribution in [2.24, 2.45) is 0 Å². The highest BCUT2D eigenvalue weighted by Crippen LogP contribution is 2.44. The summed E-state index contributed by atoms with van der Waals surface area (Å²) in [5, 5.41) is 3.39. The lowest BCUT2D eigenvalue weighted by Crippen LogP contribution is -2.36. The molecule has 1 aliphatic carbocycles. The van der Waals surface area contributed by atoms with Crippen LogP contribution in [-0.2, 0) is 9.59 Å². The van der Waals surface area contributed by atoms with E-state index in [0.29, 0.717) is 17.8 Å². The summed E-state index contributed by atoms with van der Waals surface area (Å²) in [7, 11) is 0. The van der Waals surface area contributed by atoms with Crippen LogP contribution in [0, 0.1) is 0 Å². The maximum atomic E-state index is 12.7. The summed E-state index contributed by atoms with van der Waals surface area (Å²) in [6.07, 6.45) is 3.68. The van der Waals surface area contributed by atoms with E-state index >= 15 is 0 Å². The van der Waals surface area contributed by atoms with E-state index < -0.39 is 6.04 Å². The average Bonchev–Trinajstić information content (AvgIpc) is 3.03. The van der Waals surface area contributed by atoms with E-state index in [4.69, 9.17) is 4.42 Å². The zero-order valence-electron chi connectivity index (χ0n) is 13.4. The Bertz CT molecular complexity index is 836. The number of nitrogens with one attached hydrogen (secondary N) is 1. The van der Waals surface area contributed by atoms with Crippen molar-refractivity contribution in [2.75, 3.05) is 10.2 Å². The molecule has 0 saturated carbocycles. The molecule has 2 heterocycles. The number of ketones is 1. The van der Waals surface area contributed by atoms with E-state index in [0.717, 1.165) is 29.9 Å². The van der Waals surface area contributed by atoms with Crippen LogP contribution >= 0.6 is 0 Å². The van der Waals surface area contributed by atoms with Crippen LogP contribution in [0.25, 0.3) is 0 Å². The Morgan fingerprint density at radius 2 is 2.04 bits per heavy atom. The number of anilines is 2. The lowest BCUT2D eigenvalue weighted by atomic mass is 9.88. The van der Waals surface area contributed by atoms with Crippen LogP contribution in [0.3, 0.4) is 0 Å². The van der Waals surface area contributed by atoms with Crippen molar-refractivity contribution in [3.05, 3.63) is 59.7 Å². The first kappa shape index (κ1) is 14.8. The number of nitrogens with zero attached hydrogens (tertiary/aromatic N) is 1. The van der Waals surface area contributed by atoms with Crippen LogP contribution in [0.5, 0.6) is 0 Å². The highest BCUT2D eigenvalue weighted by Gasteiger charge is 2.39. The number of benzene rings is 1. The quantitative estimate of drug-likeness (QED) is 0.867. The van der Waals surface area contributed by atoms with Crippen LogP contribution in [0.4, 0.5) is 11.4 Å². The molecule has 0 saturated heterocycles. The van der Waals surface area contributed by atoms with Crippen molar-refractivity contribution in [1.82, 2.24) is 0 Å². The number of rotatable bonds is 1. The van der Waals surface area contributed by atoms with Crippen LogP contribution < -0.4 is 10.2 Å². The summed E-state index contributed by atoms with van der Waals surface area (Å²) in [5.41, 5.74) is 3.13. The lowest BCUT2D eigenvalue weighted by molar-refractivity contribution is -0.117. The number of carbonyl (C=O) groups is 2. The Morgan fingerprint density at radius 3 is 2.79 bits per heavy atom. The number of hydrogen-bond acceptors (Lipinski definition) is 4. The standard InChI is InChI=1S/C19H18N2O3/c1-12(22)21-15-8-3-2-6-13(15)20-14-7-4-9-16(23)18(14)19(21)17-10-5-11-24-17/h2-3,5-6,8,10-11,19-20H,4,7,9H2,1H3/t19-/m0/s1. The minimum absolute atomic E-state index is 0.0733. The molecule has 1 aromatic carbocycles. The minimum Gasteiger partial charge on any atom is -0.467 e. The fraction of sp³-hybridized carbons (Fsp3) is 0.263. The van der Waals surface area contributed by atoms with Crippen molar-refractivity contribution >= 4 is 23.1 Å². The molecule has 0 unspecified atom stereocenters. The van der Waals surface area contributed by atoms with Gasteiger partial charge in [0, 0.05) is 24.6 Å². The largest absolute Gasteiger partial charge is 0.467 e. The molecule has 0 bridgehead atoms. The van der Waals surface area contributed by atoms with Crippen molar-refractivity contribution in [2.45, 2.75) is 32.2 Å². The fourth-order valence-electron chi connectivity index (χ4n) is 3.60. The van der Waals surface area contributed by atoms with Crippen molar-refractivity contribution < 1.29 is 14.0 Å². The van der Waals surface area contributed by atoms with Crippen LogP contribution in [0.1, 0.15) is 38.0 Å². The lowest BCUT2D eigenvalue weighted by Gasteiger charge is -2.31. The molecule has 122 valence electrons. The highest BCUT2D eigenvalue weighted by molar-refractivity contribution is 6.05. The second-order valence-corrected chi connectivity index (χ2v) is 6.12. The van der Waals surface area contributed by atoms with Crippen molar-refractivity contribution in [1.29, 1.82) is 0 Å².